The first-order chi connectivity index (χ1) is 11.1. The molecule has 1 amide bonds. The van der Waals surface area contributed by atoms with Crippen LogP contribution in [0.25, 0.3) is 0 Å². The Balaban J connectivity index is 1.78. The molecule has 3 rings (SSSR count). The molecule has 23 heavy (non-hydrogen) atoms. The highest BCUT2D eigenvalue weighted by Gasteiger charge is 2.30. The summed E-state index contributed by atoms with van der Waals surface area (Å²) in [5.41, 5.74) is 0.870. The maximum Gasteiger partial charge on any atom is 0.256 e. The zero-order valence-electron chi connectivity index (χ0n) is 13.8. The van der Waals surface area contributed by atoms with Crippen molar-refractivity contribution in [2.45, 2.75) is 39.0 Å². The summed E-state index contributed by atoms with van der Waals surface area (Å²) in [4.78, 5) is 14.6. The Hall–Kier alpha value is -2.21. The molecule has 6 nitrogen and oxygen atoms in total. The van der Waals surface area contributed by atoms with Gasteiger partial charge >= 0.3 is 0 Å². The van der Waals surface area contributed by atoms with Crippen molar-refractivity contribution in [1.82, 2.24) is 19.7 Å². The average Bonchev–Trinajstić information content (AvgIpc) is 2.99. The summed E-state index contributed by atoms with van der Waals surface area (Å²) in [7, 11) is 1.57. The average molecular weight is 314 g/mol. The van der Waals surface area contributed by atoms with Gasteiger partial charge in [0, 0.05) is 26.1 Å². The maximum absolute atomic E-state index is 12.8. The fourth-order valence-corrected chi connectivity index (χ4v) is 2.97. The third-order valence-electron chi connectivity index (χ3n) is 4.17. The molecule has 1 aliphatic rings. The molecule has 2 heterocycles. The molecule has 0 spiro atoms. The zero-order valence-corrected chi connectivity index (χ0v) is 13.8. The van der Waals surface area contributed by atoms with E-state index in [9.17, 15) is 4.79 Å². The molecule has 1 aromatic heterocycles. The highest BCUT2D eigenvalue weighted by Crippen LogP contribution is 2.23. The van der Waals surface area contributed by atoms with Crippen LogP contribution in [0.4, 0.5) is 0 Å². The third kappa shape index (κ3) is 2.99. The van der Waals surface area contributed by atoms with Crippen LogP contribution in [-0.4, -0.2) is 39.2 Å². The van der Waals surface area contributed by atoms with Gasteiger partial charge in [-0.25, -0.2) is 0 Å². The molecule has 1 atom stereocenters. The van der Waals surface area contributed by atoms with Gasteiger partial charge in [0.15, 0.2) is 11.9 Å². The zero-order chi connectivity index (χ0) is 16.4. The molecule has 1 aromatic carbocycles. The lowest BCUT2D eigenvalue weighted by atomic mass is 10.1. The topological polar surface area (TPSA) is 60.2 Å². The highest BCUT2D eigenvalue weighted by molar-refractivity contribution is 5.82. The van der Waals surface area contributed by atoms with Crippen LogP contribution >= 0.6 is 0 Å². The van der Waals surface area contributed by atoms with Crippen molar-refractivity contribution in [3.05, 3.63) is 47.5 Å². The Labute approximate surface area is 136 Å². The van der Waals surface area contributed by atoms with Crippen LogP contribution in [0.15, 0.2) is 30.3 Å². The third-order valence-corrected chi connectivity index (χ3v) is 4.17. The van der Waals surface area contributed by atoms with E-state index in [1.165, 1.54) is 0 Å². The second-order valence-electron chi connectivity index (χ2n) is 6.07. The van der Waals surface area contributed by atoms with E-state index in [0.29, 0.717) is 19.0 Å². The molecule has 0 N–H and O–H groups in total. The van der Waals surface area contributed by atoms with E-state index in [-0.39, 0.29) is 5.91 Å². The molecular weight excluding hydrogens is 292 g/mol. The van der Waals surface area contributed by atoms with Crippen molar-refractivity contribution >= 4 is 5.91 Å². The normalized spacial score (nSPS) is 15.6. The van der Waals surface area contributed by atoms with Crippen LogP contribution in [0.2, 0.25) is 0 Å². The number of benzene rings is 1. The standard InChI is InChI=1S/C17H22N4O2/c1-12(2)16-19-18-14-11-20(9-10-21(14)16)17(22)15(23-3)13-7-5-4-6-8-13/h4-8,12,15H,9-11H2,1-3H3/t15-/m0/s1. The lowest BCUT2D eigenvalue weighted by Gasteiger charge is -2.31. The van der Waals surface area contributed by atoms with Crippen molar-refractivity contribution in [2.24, 2.45) is 0 Å². The molecule has 0 unspecified atom stereocenters. The van der Waals surface area contributed by atoms with Crippen LogP contribution in [-0.2, 0) is 22.6 Å². The van der Waals surface area contributed by atoms with Crippen molar-refractivity contribution in [1.29, 1.82) is 0 Å². The van der Waals surface area contributed by atoms with E-state index in [1.54, 1.807) is 12.0 Å². The van der Waals surface area contributed by atoms with Gasteiger partial charge in [-0.15, -0.1) is 10.2 Å². The fraction of sp³-hybridized carbons (Fsp3) is 0.471. The number of rotatable bonds is 4. The fourth-order valence-electron chi connectivity index (χ4n) is 2.97. The Kier molecular flexibility index (Phi) is 4.43. The first kappa shape index (κ1) is 15.7. The Morgan fingerprint density at radius 3 is 2.57 bits per heavy atom. The SMILES string of the molecule is CO[C@H](C(=O)N1CCn2c(nnc2C(C)C)C1)c1ccccc1. The van der Waals surface area contributed by atoms with Gasteiger partial charge in [0.2, 0.25) is 0 Å². The molecule has 122 valence electrons. The number of carbonyl (C=O) groups excluding carboxylic acids is 1. The van der Waals surface area contributed by atoms with Crippen molar-refractivity contribution in [2.75, 3.05) is 13.7 Å². The number of ether oxygens (including phenoxy) is 1. The first-order valence-electron chi connectivity index (χ1n) is 7.90. The summed E-state index contributed by atoms with van der Waals surface area (Å²) in [5, 5.41) is 8.50. The lowest BCUT2D eigenvalue weighted by molar-refractivity contribution is -0.144. The van der Waals surface area contributed by atoms with Crippen LogP contribution in [0, 0.1) is 0 Å². The van der Waals surface area contributed by atoms with Gasteiger partial charge in [0.25, 0.3) is 5.91 Å². The summed E-state index contributed by atoms with van der Waals surface area (Å²) in [6.45, 7) is 6.06. The van der Waals surface area contributed by atoms with Gasteiger partial charge < -0.3 is 14.2 Å². The second-order valence-corrected chi connectivity index (χ2v) is 6.07. The molecule has 6 heteroatoms. The second kappa shape index (κ2) is 6.50. The van der Waals surface area contributed by atoms with E-state index in [1.807, 2.05) is 30.3 Å². The molecule has 0 saturated heterocycles. The van der Waals surface area contributed by atoms with E-state index in [4.69, 9.17) is 4.74 Å². The van der Waals surface area contributed by atoms with Gasteiger partial charge in [-0.05, 0) is 5.56 Å². The monoisotopic (exact) mass is 314 g/mol. The summed E-state index contributed by atoms with van der Waals surface area (Å²) in [6.07, 6.45) is -0.574. The van der Waals surface area contributed by atoms with E-state index in [0.717, 1.165) is 23.8 Å². The minimum absolute atomic E-state index is 0.0287. The van der Waals surface area contributed by atoms with Crippen molar-refractivity contribution in [3.8, 4) is 0 Å². The highest BCUT2D eigenvalue weighted by atomic mass is 16.5. The molecule has 1 aliphatic heterocycles. The summed E-state index contributed by atoms with van der Waals surface area (Å²) in [6, 6.07) is 9.58. The first-order valence-corrected chi connectivity index (χ1v) is 7.90. The van der Waals surface area contributed by atoms with E-state index >= 15 is 0 Å². The van der Waals surface area contributed by atoms with Gasteiger partial charge in [-0.3, -0.25) is 4.79 Å². The van der Waals surface area contributed by atoms with Crippen LogP contribution in [0.5, 0.6) is 0 Å². The minimum atomic E-state index is -0.574. The predicted octanol–water partition coefficient (Wildman–Crippen LogP) is 2.13. The number of methoxy groups -OCH3 is 1. The van der Waals surface area contributed by atoms with Crippen molar-refractivity contribution in [3.63, 3.8) is 0 Å². The molecular formula is C17H22N4O2. The largest absolute Gasteiger partial charge is 0.367 e. The van der Waals surface area contributed by atoms with Crippen LogP contribution < -0.4 is 0 Å². The summed E-state index contributed by atoms with van der Waals surface area (Å²) in [5.74, 6) is 2.13. The number of hydrogen-bond acceptors (Lipinski definition) is 4. The van der Waals surface area contributed by atoms with Gasteiger partial charge in [0.05, 0.1) is 6.54 Å². The number of fused-ring (bicyclic) bond motifs is 1. The number of nitrogens with zero attached hydrogens (tertiary/aromatic N) is 4. The molecule has 0 bridgehead atoms. The van der Waals surface area contributed by atoms with Gasteiger partial charge in [0.1, 0.15) is 5.82 Å². The maximum atomic E-state index is 12.8. The number of aromatic nitrogens is 3. The Bertz CT molecular complexity index is 681. The Morgan fingerprint density at radius 1 is 1.17 bits per heavy atom. The van der Waals surface area contributed by atoms with Gasteiger partial charge in [-0.1, -0.05) is 44.2 Å². The molecule has 0 radical (unpaired) electrons. The van der Waals surface area contributed by atoms with Crippen molar-refractivity contribution < 1.29 is 9.53 Å². The number of amides is 1. The number of carbonyl (C=O) groups is 1. The summed E-state index contributed by atoms with van der Waals surface area (Å²) < 4.78 is 7.57. The molecule has 0 fully saturated rings. The number of hydrogen-bond donors (Lipinski definition) is 0. The quantitative estimate of drug-likeness (QED) is 0.867. The van der Waals surface area contributed by atoms with Crippen LogP contribution in [0.1, 0.15) is 43.1 Å². The molecule has 0 saturated carbocycles. The van der Waals surface area contributed by atoms with E-state index in [2.05, 4.69) is 28.6 Å². The Morgan fingerprint density at radius 2 is 1.91 bits per heavy atom. The molecule has 0 aliphatic carbocycles. The van der Waals surface area contributed by atoms with Crippen LogP contribution in [0.3, 0.4) is 0 Å². The predicted molar refractivity (Wildman–Crippen MR) is 85.7 cm³/mol. The van der Waals surface area contributed by atoms with E-state index < -0.39 is 6.10 Å². The lowest BCUT2D eigenvalue weighted by Crippen LogP contribution is -2.41. The molecule has 2 aromatic rings. The minimum Gasteiger partial charge on any atom is -0.367 e. The van der Waals surface area contributed by atoms with Gasteiger partial charge in [-0.2, -0.15) is 0 Å². The summed E-state index contributed by atoms with van der Waals surface area (Å²) >= 11 is 0. The smallest absolute Gasteiger partial charge is 0.256 e.